The summed E-state index contributed by atoms with van der Waals surface area (Å²) in [7, 11) is 0. The number of rotatable bonds is 13. The van der Waals surface area contributed by atoms with E-state index in [1.807, 2.05) is 0 Å². The third-order valence-corrected chi connectivity index (χ3v) is 12.0. The lowest BCUT2D eigenvalue weighted by Gasteiger charge is -2.37. The second-order valence-electron chi connectivity index (χ2n) is 14.8. The molecule has 41 heavy (non-hydrogen) atoms. The van der Waals surface area contributed by atoms with E-state index >= 15 is 0 Å². The largest absolute Gasteiger partial charge is 0.332 e. The summed E-state index contributed by atoms with van der Waals surface area (Å²) < 4.78 is -1.08. The van der Waals surface area contributed by atoms with Crippen molar-refractivity contribution in [1.29, 1.82) is 0 Å². The van der Waals surface area contributed by atoms with Crippen LogP contribution in [0.4, 0.5) is 0 Å². The lowest BCUT2D eigenvalue weighted by atomic mass is 9.74. The van der Waals surface area contributed by atoms with Crippen LogP contribution < -0.4 is 0 Å². The van der Waals surface area contributed by atoms with Crippen LogP contribution in [0.25, 0.3) is 0 Å². The molecule has 1 saturated heterocycles. The molecule has 0 N–H and O–H groups in total. The van der Waals surface area contributed by atoms with E-state index in [0.29, 0.717) is 18.8 Å². The molecule has 0 aromatic rings. The molecule has 0 spiro atoms. The molecular weight excluding hydrogens is 561 g/mol. The molecule has 3 aliphatic carbocycles. The van der Waals surface area contributed by atoms with Crippen LogP contribution in [0.2, 0.25) is 0 Å². The van der Waals surface area contributed by atoms with Gasteiger partial charge in [0.2, 0.25) is 11.7 Å². The highest BCUT2D eigenvalue weighted by Crippen LogP contribution is 2.66. The SMILES string of the molecule is CC(=O)C(=O)[C@@H](CC(=O)[C@@H]1[C@@H]2[C@H](CN1C(=O)[C@@H](CC(=O)CC(C)C(C)(C)C)C1CCCCC1)C2(Cl)Cl)CC1CCC1. The number of amides is 1. The average molecular weight is 611 g/mol. The molecule has 0 radical (unpaired) electrons. The second kappa shape index (κ2) is 12.8. The van der Waals surface area contributed by atoms with Gasteiger partial charge in [-0.25, -0.2) is 0 Å². The second-order valence-corrected chi connectivity index (χ2v) is 16.2. The van der Waals surface area contributed by atoms with Crippen molar-refractivity contribution in [3.05, 3.63) is 0 Å². The number of piperidine rings is 1. The summed E-state index contributed by atoms with van der Waals surface area (Å²) in [5.41, 5.74) is -0.00882. The summed E-state index contributed by atoms with van der Waals surface area (Å²) >= 11 is 13.2. The summed E-state index contributed by atoms with van der Waals surface area (Å²) in [6, 6.07) is -0.819. The summed E-state index contributed by atoms with van der Waals surface area (Å²) in [6.45, 7) is 10.0. The highest BCUT2D eigenvalue weighted by molar-refractivity contribution is 6.51. The number of likely N-dealkylation sites (tertiary alicyclic amines) is 1. The summed E-state index contributed by atoms with van der Waals surface area (Å²) in [5.74, 6) is -2.40. The molecule has 6 atom stereocenters. The number of alkyl halides is 2. The highest BCUT2D eigenvalue weighted by Gasteiger charge is 2.73. The number of hydrogen-bond acceptors (Lipinski definition) is 5. The van der Waals surface area contributed by atoms with Crippen LogP contribution in [-0.4, -0.2) is 50.9 Å². The van der Waals surface area contributed by atoms with Crippen LogP contribution in [0, 0.1) is 46.8 Å². The molecule has 4 fully saturated rings. The standard InChI is InChI=1S/C33H49Cl2NO5/c1-19(32(3,4)5)14-24(38)17-25(22-12-7-6-8-13-22)31(41)36-18-26-28(33(26,34)35)29(36)27(39)16-23(30(40)20(2)37)15-21-10-9-11-21/h19,21-23,25-26,28-29H,6-18H2,1-5H3/t19?,23-,25+,26+,28+,29-/m1/s1. The van der Waals surface area contributed by atoms with Crippen LogP contribution in [-0.2, 0) is 24.0 Å². The number of carbonyl (C=O) groups excluding carboxylic acids is 5. The molecule has 6 nitrogen and oxygen atoms in total. The topological polar surface area (TPSA) is 88.6 Å². The Kier molecular flexibility index (Phi) is 10.2. The van der Waals surface area contributed by atoms with Gasteiger partial charge in [0.05, 0.1) is 6.04 Å². The first-order valence-corrected chi connectivity index (χ1v) is 16.7. The van der Waals surface area contributed by atoms with Gasteiger partial charge < -0.3 is 4.90 Å². The Balaban J connectivity index is 1.55. The Bertz CT molecular complexity index is 1040. The molecule has 0 bridgehead atoms. The van der Waals surface area contributed by atoms with Crippen molar-refractivity contribution in [3.8, 4) is 0 Å². The molecule has 0 aromatic carbocycles. The summed E-state index contributed by atoms with van der Waals surface area (Å²) in [6.07, 6.45) is 9.20. The molecular formula is C33H49Cl2NO5. The van der Waals surface area contributed by atoms with Crippen molar-refractivity contribution in [2.45, 2.75) is 122 Å². The van der Waals surface area contributed by atoms with Gasteiger partial charge in [-0.3, -0.25) is 24.0 Å². The smallest absolute Gasteiger partial charge is 0.227 e. The first kappa shape index (κ1) is 32.6. The number of Topliss-reactive ketones (excluding diaryl/α,β-unsaturated/α-hetero) is 4. The highest BCUT2D eigenvalue weighted by atomic mass is 35.5. The average Bonchev–Trinajstić information content (AvgIpc) is 3.20. The molecule has 230 valence electrons. The van der Waals surface area contributed by atoms with E-state index in [1.54, 1.807) is 4.90 Å². The van der Waals surface area contributed by atoms with Gasteiger partial charge in [0.15, 0.2) is 11.6 Å². The van der Waals surface area contributed by atoms with E-state index < -0.39 is 33.8 Å². The van der Waals surface area contributed by atoms with Crippen molar-refractivity contribution in [3.63, 3.8) is 0 Å². The van der Waals surface area contributed by atoms with Crippen LogP contribution in [0.5, 0.6) is 0 Å². The number of ketones is 4. The Hall–Kier alpha value is -1.27. The number of hydrogen-bond donors (Lipinski definition) is 0. The van der Waals surface area contributed by atoms with Gasteiger partial charge in [0.25, 0.3) is 0 Å². The monoisotopic (exact) mass is 609 g/mol. The molecule has 1 amide bonds. The van der Waals surface area contributed by atoms with Crippen molar-refractivity contribution in [2.24, 2.45) is 46.8 Å². The number of nitrogens with zero attached hydrogens (tertiary/aromatic N) is 1. The zero-order chi connectivity index (χ0) is 30.3. The lowest BCUT2D eigenvalue weighted by Crippen LogP contribution is -2.50. The maximum absolute atomic E-state index is 14.3. The van der Waals surface area contributed by atoms with Gasteiger partial charge in [-0.2, -0.15) is 0 Å². The van der Waals surface area contributed by atoms with Crippen LogP contribution >= 0.6 is 23.2 Å². The van der Waals surface area contributed by atoms with E-state index in [9.17, 15) is 24.0 Å². The van der Waals surface area contributed by atoms with E-state index in [1.165, 1.54) is 6.92 Å². The molecule has 1 heterocycles. The zero-order valence-electron chi connectivity index (χ0n) is 25.6. The Morgan fingerprint density at radius 2 is 1.54 bits per heavy atom. The van der Waals surface area contributed by atoms with Gasteiger partial charge >= 0.3 is 0 Å². The molecule has 4 aliphatic rings. The van der Waals surface area contributed by atoms with E-state index in [0.717, 1.165) is 51.4 Å². The Morgan fingerprint density at radius 3 is 2.07 bits per heavy atom. The summed E-state index contributed by atoms with van der Waals surface area (Å²) in [4.78, 5) is 68.1. The molecule has 1 aliphatic heterocycles. The molecule has 1 unspecified atom stereocenters. The van der Waals surface area contributed by atoms with Crippen molar-refractivity contribution in [1.82, 2.24) is 4.90 Å². The summed E-state index contributed by atoms with van der Waals surface area (Å²) in [5, 5.41) is 0. The van der Waals surface area contributed by atoms with Gasteiger partial charge in [0, 0.05) is 56.4 Å². The number of carbonyl (C=O) groups is 5. The predicted molar refractivity (Wildman–Crippen MR) is 161 cm³/mol. The van der Waals surface area contributed by atoms with Gasteiger partial charge in [-0.05, 0) is 42.4 Å². The van der Waals surface area contributed by atoms with Crippen molar-refractivity contribution < 1.29 is 24.0 Å². The molecule has 8 heteroatoms. The van der Waals surface area contributed by atoms with E-state index in [2.05, 4.69) is 27.7 Å². The van der Waals surface area contributed by atoms with Crippen molar-refractivity contribution >= 4 is 52.2 Å². The lowest BCUT2D eigenvalue weighted by molar-refractivity contribution is -0.146. The number of halogens is 2. The maximum atomic E-state index is 14.3. The third-order valence-electron chi connectivity index (χ3n) is 10.9. The molecule has 3 saturated carbocycles. The first-order chi connectivity index (χ1) is 19.1. The van der Waals surface area contributed by atoms with Gasteiger partial charge in [0.1, 0.15) is 10.1 Å². The minimum atomic E-state index is -1.08. The Morgan fingerprint density at radius 1 is 0.902 bits per heavy atom. The third kappa shape index (κ3) is 7.28. The first-order valence-electron chi connectivity index (χ1n) is 15.9. The van der Waals surface area contributed by atoms with E-state index in [-0.39, 0.29) is 65.9 Å². The van der Waals surface area contributed by atoms with Gasteiger partial charge in [-0.1, -0.05) is 66.2 Å². The van der Waals surface area contributed by atoms with Crippen LogP contribution in [0.1, 0.15) is 112 Å². The van der Waals surface area contributed by atoms with Crippen LogP contribution in [0.15, 0.2) is 0 Å². The zero-order valence-corrected chi connectivity index (χ0v) is 27.1. The number of fused-ring (bicyclic) bond motifs is 1. The Labute approximate surface area is 256 Å². The fourth-order valence-electron chi connectivity index (χ4n) is 7.45. The van der Waals surface area contributed by atoms with E-state index in [4.69, 9.17) is 23.2 Å². The van der Waals surface area contributed by atoms with Gasteiger partial charge in [-0.15, -0.1) is 23.2 Å². The molecule has 0 aromatic heterocycles. The minimum Gasteiger partial charge on any atom is -0.332 e. The fraction of sp³-hybridized carbons (Fsp3) is 0.848. The quantitative estimate of drug-likeness (QED) is 0.170. The normalized spacial score (nSPS) is 28.3. The predicted octanol–water partition coefficient (Wildman–Crippen LogP) is 6.77. The molecule has 4 rings (SSSR count). The fourth-order valence-corrected chi connectivity index (χ4v) is 8.28. The van der Waals surface area contributed by atoms with Crippen LogP contribution in [0.3, 0.4) is 0 Å². The minimum absolute atomic E-state index is 0.00882. The maximum Gasteiger partial charge on any atom is 0.227 e. The van der Waals surface area contributed by atoms with Crippen molar-refractivity contribution in [2.75, 3.05) is 6.54 Å².